The van der Waals surface area contributed by atoms with E-state index in [0.29, 0.717) is 36.6 Å². The summed E-state index contributed by atoms with van der Waals surface area (Å²) in [6.07, 6.45) is 1.73. The number of carbonyl (C=O) groups excluding carboxylic acids is 1. The van der Waals surface area contributed by atoms with E-state index < -0.39 is 0 Å². The van der Waals surface area contributed by atoms with Crippen molar-refractivity contribution in [1.29, 1.82) is 0 Å². The summed E-state index contributed by atoms with van der Waals surface area (Å²) in [6, 6.07) is 9.07. The number of ketones is 1. The number of phenolic OH excluding ortho intramolecular Hbond substituents is 1. The molecule has 0 aromatic heterocycles. The van der Waals surface area contributed by atoms with Crippen molar-refractivity contribution in [3.8, 4) is 17.2 Å². The van der Waals surface area contributed by atoms with Gasteiger partial charge in [-0.1, -0.05) is 12.1 Å². The quantitative estimate of drug-likeness (QED) is 0.789. The summed E-state index contributed by atoms with van der Waals surface area (Å²) in [5.74, 6) is 1.53. The van der Waals surface area contributed by atoms with Gasteiger partial charge in [-0.15, -0.1) is 0 Å². The van der Waals surface area contributed by atoms with E-state index in [0.717, 1.165) is 30.0 Å². The van der Waals surface area contributed by atoms with Crippen molar-refractivity contribution >= 4 is 11.9 Å². The lowest BCUT2D eigenvalue weighted by Gasteiger charge is -2.24. The Balaban J connectivity index is 1.67. The van der Waals surface area contributed by atoms with Crippen molar-refractivity contribution in [3.63, 3.8) is 0 Å². The number of methoxy groups -OCH3 is 1. The number of benzene rings is 2. The Bertz CT molecular complexity index is 927. The van der Waals surface area contributed by atoms with Gasteiger partial charge in [0.1, 0.15) is 31.1 Å². The number of aromatic hydroxyl groups is 1. The number of phenols is 1. The fourth-order valence-electron chi connectivity index (χ4n) is 3.69. The average Bonchev–Trinajstić information content (AvgIpc) is 3.03. The molecule has 0 amide bonds. The molecule has 2 aromatic rings. The highest BCUT2D eigenvalue weighted by Gasteiger charge is 2.34. The Kier molecular flexibility index (Phi) is 5.07. The number of aryl methyl sites for hydroxylation is 1. The molecule has 2 heterocycles. The van der Waals surface area contributed by atoms with Gasteiger partial charge < -0.3 is 24.2 Å². The van der Waals surface area contributed by atoms with Crippen LogP contribution >= 0.6 is 0 Å². The maximum Gasteiger partial charge on any atom is 0.232 e. The summed E-state index contributed by atoms with van der Waals surface area (Å²) < 4.78 is 16.6. The number of nitrogens with one attached hydrogen (secondary N) is 1. The molecule has 0 bridgehead atoms. The molecular weight excluding hydrogens is 358 g/mol. The fourth-order valence-corrected chi connectivity index (χ4v) is 3.69. The molecule has 2 aromatic carbocycles. The minimum Gasteiger partial charge on any atom is -0.507 e. The standard InChI is InChI=1S/C22H23NO5/c1-14-11-18(24)17(13-23-7-9-27-10-8-23)22-20(14)21(25)19(28-22)12-15-3-5-16(26-2)6-4-15/h3-6,11-12,24H,7-10,13H2,1-2H3/p+1/b19-12-. The molecule has 6 nitrogen and oxygen atoms in total. The second kappa shape index (κ2) is 7.66. The van der Waals surface area contributed by atoms with Crippen LogP contribution in [-0.2, 0) is 11.3 Å². The molecule has 1 saturated heterocycles. The van der Waals surface area contributed by atoms with Gasteiger partial charge in [0.2, 0.25) is 5.78 Å². The first-order valence-corrected chi connectivity index (χ1v) is 9.42. The average molecular weight is 382 g/mol. The lowest BCUT2D eigenvalue weighted by atomic mass is 9.99. The summed E-state index contributed by atoms with van der Waals surface area (Å²) in [5.41, 5.74) is 2.79. The first-order chi connectivity index (χ1) is 13.6. The molecule has 2 N–H and O–H groups in total. The largest absolute Gasteiger partial charge is 0.507 e. The van der Waals surface area contributed by atoms with Crippen LogP contribution in [0.5, 0.6) is 17.2 Å². The molecule has 6 heteroatoms. The molecule has 0 radical (unpaired) electrons. The molecule has 0 atom stereocenters. The molecule has 0 spiro atoms. The van der Waals surface area contributed by atoms with Crippen molar-refractivity contribution in [2.45, 2.75) is 13.5 Å². The van der Waals surface area contributed by atoms with Gasteiger partial charge in [0, 0.05) is 0 Å². The normalized spacial score (nSPS) is 18.2. The van der Waals surface area contributed by atoms with E-state index in [4.69, 9.17) is 14.2 Å². The third-order valence-electron chi connectivity index (χ3n) is 5.26. The van der Waals surface area contributed by atoms with Crippen molar-refractivity contribution in [2.75, 3.05) is 33.4 Å². The summed E-state index contributed by atoms with van der Waals surface area (Å²) in [5, 5.41) is 10.5. The molecule has 0 saturated carbocycles. The van der Waals surface area contributed by atoms with Crippen molar-refractivity contribution in [3.05, 3.63) is 58.3 Å². The molecule has 28 heavy (non-hydrogen) atoms. The van der Waals surface area contributed by atoms with Crippen LogP contribution in [0.2, 0.25) is 0 Å². The molecule has 1 fully saturated rings. The lowest BCUT2D eigenvalue weighted by molar-refractivity contribution is -0.921. The fraction of sp³-hybridized carbons (Fsp3) is 0.318. The summed E-state index contributed by atoms with van der Waals surface area (Å²) >= 11 is 0. The van der Waals surface area contributed by atoms with E-state index in [1.54, 1.807) is 19.3 Å². The zero-order chi connectivity index (χ0) is 19.7. The van der Waals surface area contributed by atoms with Gasteiger partial charge in [0.15, 0.2) is 11.5 Å². The predicted molar refractivity (Wildman–Crippen MR) is 104 cm³/mol. The number of hydrogen-bond donors (Lipinski definition) is 2. The van der Waals surface area contributed by atoms with Gasteiger partial charge in [-0.05, 0) is 42.3 Å². The van der Waals surface area contributed by atoms with Gasteiger partial charge >= 0.3 is 0 Å². The second-order valence-corrected chi connectivity index (χ2v) is 7.15. The molecular formula is C22H24NO5+. The van der Waals surface area contributed by atoms with Gasteiger partial charge in [0.25, 0.3) is 0 Å². The Hall–Kier alpha value is -2.83. The predicted octanol–water partition coefficient (Wildman–Crippen LogP) is 1.74. The number of morpholine rings is 1. The number of carbonyl (C=O) groups is 1. The SMILES string of the molecule is COc1ccc(/C=C2\Oc3c(C[NH+]4CCOCC4)c(O)cc(C)c3C2=O)cc1. The monoisotopic (exact) mass is 382 g/mol. The number of quaternary nitrogens is 1. The number of fused-ring (bicyclic) bond motifs is 1. The third-order valence-corrected chi connectivity index (χ3v) is 5.26. The zero-order valence-corrected chi connectivity index (χ0v) is 16.1. The molecule has 146 valence electrons. The first kappa shape index (κ1) is 18.5. The minimum absolute atomic E-state index is 0.151. The van der Waals surface area contributed by atoms with Crippen LogP contribution in [0, 0.1) is 6.92 Å². The van der Waals surface area contributed by atoms with E-state index in [1.807, 2.05) is 31.2 Å². The Morgan fingerprint density at radius 3 is 2.61 bits per heavy atom. The van der Waals surface area contributed by atoms with Crippen LogP contribution in [0.3, 0.4) is 0 Å². The second-order valence-electron chi connectivity index (χ2n) is 7.15. The Morgan fingerprint density at radius 2 is 1.93 bits per heavy atom. The summed E-state index contributed by atoms with van der Waals surface area (Å²) in [7, 11) is 1.61. The van der Waals surface area contributed by atoms with E-state index in [9.17, 15) is 9.90 Å². The number of hydrogen-bond acceptors (Lipinski definition) is 5. The smallest absolute Gasteiger partial charge is 0.232 e. The van der Waals surface area contributed by atoms with Gasteiger partial charge in [-0.25, -0.2) is 0 Å². The van der Waals surface area contributed by atoms with Crippen molar-refractivity contribution in [1.82, 2.24) is 0 Å². The number of rotatable bonds is 4. The van der Waals surface area contributed by atoms with E-state index in [2.05, 4.69) is 0 Å². The number of Topliss-reactive ketones (excluding diaryl/α,β-unsaturated/α-hetero) is 1. The molecule has 2 aliphatic rings. The van der Waals surface area contributed by atoms with Crippen molar-refractivity contribution < 1.29 is 29.0 Å². The van der Waals surface area contributed by atoms with E-state index in [-0.39, 0.29) is 17.3 Å². The maximum atomic E-state index is 13.0. The number of ether oxygens (including phenoxy) is 3. The van der Waals surface area contributed by atoms with Crippen LogP contribution < -0.4 is 14.4 Å². The molecule has 2 aliphatic heterocycles. The van der Waals surface area contributed by atoms with Crippen LogP contribution in [-0.4, -0.2) is 44.3 Å². The third kappa shape index (κ3) is 3.48. The molecule has 4 rings (SSSR count). The Labute approximate surface area is 163 Å². The zero-order valence-electron chi connectivity index (χ0n) is 16.1. The van der Waals surface area contributed by atoms with Crippen LogP contribution in [0.1, 0.15) is 27.0 Å². The van der Waals surface area contributed by atoms with E-state index in [1.165, 1.54) is 4.90 Å². The lowest BCUT2D eigenvalue weighted by Crippen LogP contribution is -3.12. The van der Waals surface area contributed by atoms with E-state index >= 15 is 0 Å². The van der Waals surface area contributed by atoms with Crippen LogP contribution in [0.15, 0.2) is 36.1 Å². The maximum absolute atomic E-state index is 13.0. The highest BCUT2D eigenvalue weighted by atomic mass is 16.5. The number of allylic oxidation sites excluding steroid dienone is 1. The van der Waals surface area contributed by atoms with Gasteiger partial charge in [0.05, 0.1) is 31.5 Å². The summed E-state index contributed by atoms with van der Waals surface area (Å²) in [6.45, 7) is 5.55. The summed E-state index contributed by atoms with van der Waals surface area (Å²) in [4.78, 5) is 14.3. The van der Waals surface area contributed by atoms with Crippen molar-refractivity contribution in [2.24, 2.45) is 0 Å². The highest BCUT2D eigenvalue weighted by molar-refractivity contribution is 6.15. The van der Waals surface area contributed by atoms with Crippen LogP contribution in [0.25, 0.3) is 6.08 Å². The minimum atomic E-state index is -0.151. The molecule has 0 unspecified atom stereocenters. The molecule has 0 aliphatic carbocycles. The topological polar surface area (TPSA) is 69.4 Å². The van der Waals surface area contributed by atoms with Gasteiger partial charge in [-0.3, -0.25) is 4.79 Å². The first-order valence-electron chi connectivity index (χ1n) is 9.42. The van der Waals surface area contributed by atoms with Crippen LogP contribution in [0.4, 0.5) is 0 Å². The van der Waals surface area contributed by atoms with Gasteiger partial charge in [-0.2, -0.15) is 0 Å². The highest BCUT2D eigenvalue weighted by Crippen LogP contribution is 2.41. The Morgan fingerprint density at radius 1 is 1.21 bits per heavy atom.